The number of rotatable bonds is 5. The van der Waals surface area contributed by atoms with Crippen LogP contribution >= 0.6 is 0 Å². The van der Waals surface area contributed by atoms with Gasteiger partial charge in [-0.05, 0) is 59.9 Å². The van der Waals surface area contributed by atoms with Gasteiger partial charge >= 0.3 is 6.18 Å². The van der Waals surface area contributed by atoms with Crippen molar-refractivity contribution < 1.29 is 18.3 Å². The maximum absolute atomic E-state index is 13.2. The number of fused-ring (bicyclic) bond motifs is 1. The lowest BCUT2D eigenvalue weighted by atomic mass is 9.73. The second-order valence-corrected chi connectivity index (χ2v) is 7.65. The van der Waals surface area contributed by atoms with Gasteiger partial charge in [0.05, 0.1) is 11.6 Å². The molecule has 27 heavy (non-hydrogen) atoms. The van der Waals surface area contributed by atoms with Gasteiger partial charge in [0.2, 0.25) is 0 Å². The summed E-state index contributed by atoms with van der Waals surface area (Å²) in [5.41, 5.74) is 2.03. The smallest absolute Gasteiger partial charge is 0.396 e. The number of hydrogen-bond acceptors (Lipinski definition) is 2. The van der Waals surface area contributed by atoms with Gasteiger partial charge in [-0.3, -0.25) is 0 Å². The van der Waals surface area contributed by atoms with Crippen molar-refractivity contribution in [3.8, 4) is 0 Å². The number of anilines is 1. The van der Waals surface area contributed by atoms with Crippen molar-refractivity contribution in [3.63, 3.8) is 0 Å². The molecule has 0 saturated carbocycles. The highest BCUT2D eigenvalue weighted by Crippen LogP contribution is 2.48. The Morgan fingerprint density at radius 2 is 1.81 bits per heavy atom. The molecule has 0 radical (unpaired) electrons. The molecule has 146 valence electrons. The summed E-state index contributed by atoms with van der Waals surface area (Å²) in [5.74, 6) is 0.313. The van der Waals surface area contributed by atoms with Crippen LogP contribution < -0.4 is 5.32 Å². The van der Waals surface area contributed by atoms with Gasteiger partial charge in [-0.15, -0.1) is 0 Å². The first-order valence-corrected chi connectivity index (χ1v) is 9.44. The molecule has 2 N–H and O–H groups in total. The van der Waals surface area contributed by atoms with Crippen molar-refractivity contribution in [2.75, 3.05) is 11.9 Å². The molecule has 0 aliphatic carbocycles. The first-order valence-electron chi connectivity index (χ1n) is 9.44. The van der Waals surface area contributed by atoms with Crippen LogP contribution in [0.3, 0.4) is 0 Å². The number of hydrogen-bond donors (Lipinski definition) is 2. The van der Waals surface area contributed by atoms with Crippen LogP contribution in [-0.4, -0.2) is 11.7 Å². The standard InChI is InChI=1S/C22H26F3NO/c1-14(13-27)8-10-18-15(2)19-12-17(22(23,24)25)9-11-20(19)26-21(18)16-6-4-3-5-7-16/h3-7,9,11-12,14-15,18,21,26-27H,8,10,13H2,1-2H3/t14-,15+,18-,21-/m1/s1. The van der Waals surface area contributed by atoms with Crippen molar-refractivity contribution >= 4 is 5.69 Å². The molecule has 0 saturated heterocycles. The van der Waals surface area contributed by atoms with Crippen molar-refractivity contribution in [2.24, 2.45) is 11.8 Å². The maximum atomic E-state index is 13.2. The topological polar surface area (TPSA) is 32.3 Å². The van der Waals surface area contributed by atoms with Crippen LogP contribution in [0.15, 0.2) is 48.5 Å². The number of alkyl halides is 3. The molecular weight excluding hydrogens is 351 g/mol. The van der Waals surface area contributed by atoms with Gasteiger partial charge in [0, 0.05) is 12.3 Å². The van der Waals surface area contributed by atoms with Crippen molar-refractivity contribution in [2.45, 2.75) is 44.8 Å². The van der Waals surface area contributed by atoms with Crippen LogP contribution in [0.4, 0.5) is 18.9 Å². The lowest BCUT2D eigenvalue weighted by Gasteiger charge is -2.40. The van der Waals surface area contributed by atoms with Crippen LogP contribution in [0.1, 0.15) is 55.3 Å². The molecule has 3 rings (SSSR count). The van der Waals surface area contributed by atoms with E-state index in [1.54, 1.807) is 6.07 Å². The number of nitrogens with one attached hydrogen (secondary N) is 1. The molecule has 5 heteroatoms. The molecule has 0 fully saturated rings. The van der Waals surface area contributed by atoms with Gasteiger partial charge < -0.3 is 10.4 Å². The molecule has 2 nitrogen and oxygen atoms in total. The van der Waals surface area contributed by atoms with Gasteiger partial charge in [0.1, 0.15) is 0 Å². The summed E-state index contributed by atoms with van der Waals surface area (Å²) in [6.45, 7) is 4.14. The van der Waals surface area contributed by atoms with Crippen LogP contribution in [-0.2, 0) is 6.18 Å². The number of benzene rings is 2. The van der Waals surface area contributed by atoms with E-state index >= 15 is 0 Å². The van der Waals surface area contributed by atoms with E-state index in [-0.39, 0.29) is 30.4 Å². The lowest BCUT2D eigenvalue weighted by molar-refractivity contribution is -0.137. The zero-order valence-corrected chi connectivity index (χ0v) is 15.6. The Balaban J connectivity index is 1.97. The average molecular weight is 377 g/mol. The Kier molecular flexibility index (Phi) is 5.80. The Morgan fingerprint density at radius 1 is 1.11 bits per heavy atom. The molecule has 0 aromatic heterocycles. The highest BCUT2D eigenvalue weighted by molar-refractivity contribution is 5.59. The molecule has 0 bridgehead atoms. The van der Waals surface area contributed by atoms with Gasteiger partial charge in [-0.25, -0.2) is 0 Å². The maximum Gasteiger partial charge on any atom is 0.416 e. The quantitative estimate of drug-likeness (QED) is 0.670. The second kappa shape index (κ2) is 7.93. The minimum atomic E-state index is -4.34. The monoisotopic (exact) mass is 377 g/mol. The number of aliphatic hydroxyl groups excluding tert-OH is 1. The molecule has 0 unspecified atom stereocenters. The summed E-state index contributed by atoms with van der Waals surface area (Å²) in [6.07, 6.45) is -2.66. The normalized spacial score (nSPS) is 23.4. The van der Waals surface area contributed by atoms with E-state index in [2.05, 4.69) is 17.4 Å². The van der Waals surface area contributed by atoms with Gasteiger partial charge in [-0.2, -0.15) is 13.2 Å². The average Bonchev–Trinajstić information content (AvgIpc) is 2.66. The lowest BCUT2D eigenvalue weighted by Crippen LogP contribution is -2.31. The highest BCUT2D eigenvalue weighted by atomic mass is 19.4. The molecule has 1 heterocycles. The molecule has 2 aromatic rings. The summed E-state index contributed by atoms with van der Waals surface area (Å²) >= 11 is 0. The van der Waals surface area contributed by atoms with Gasteiger partial charge in [0.25, 0.3) is 0 Å². The summed E-state index contributed by atoms with van der Waals surface area (Å²) in [4.78, 5) is 0. The SMILES string of the molecule is C[C@@H](CO)CC[C@@H]1[C@H](C)c2cc(C(F)(F)F)ccc2N[C@@H]1c1ccccc1. The molecular formula is C22H26F3NO. The van der Waals surface area contributed by atoms with Crippen LogP contribution in [0, 0.1) is 11.8 Å². The fraction of sp³-hybridized carbons (Fsp3) is 0.455. The van der Waals surface area contributed by atoms with E-state index < -0.39 is 11.7 Å². The molecule has 2 aromatic carbocycles. The minimum Gasteiger partial charge on any atom is -0.396 e. The van der Waals surface area contributed by atoms with Crippen LogP contribution in [0.2, 0.25) is 0 Å². The highest BCUT2D eigenvalue weighted by Gasteiger charge is 2.37. The second-order valence-electron chi connectivity index (χ2n) is 7.65. The molecule has 4 atom stereocenters. The third-order valence-corrected chi connectivity index (χ3v) is 5.71. The Labute approximate surface area is 158 Å². The molecule has 0 amide bonds. The molecule has 1 aliphatic rings. The first-order chi connectivity index (χ1) is 12.8. The summed E-state index contributed by atoms with van der Waals surface area (Å²) in [6, 6.07) is 14.1. The van der Waals surface area contributed by atoms with E-state index in [0.717, 1.165) is 35.7 Å². The Hall–Kier alpha value is -2.01. The summed E-state index contributed by atoms with van der Waals surface area (Å²) in [5, 5.41) is 12.8. The van der Waals surface area contributed by atoms with Crippen molar-refractivity contribution in [3.05, 3.63) is 65.2 Å². The van der Waals surface area contributed by atoms with Gasteiger partial charge in [0.15, 0.2) is 0 Å². The fourth-order valence-electron chi connectivity index (χ4n) is 4.02. The third-order valence-electron chi connectivity index (χ3n) is 5.71. The summed E-state index contributed by atoms with van der Waals surface area (Å²) in [7, 11) is 0. The van der Waals surface area contributed by atoms with E-state index in [9.17, 15) is 18.3 Å². The van der Waals surface area contributed by atoms with E-state index in [0.29, 0.717) is 0 Å². The number of halogens is 3. The zero-order valence-electron chi connectivity index (χ0n) is 15.6. The van der Waals surface area contributed by atoms with Crippen molar-refractivity contribution in [1.82, 2.24) is 0 Å². The third kappa shape index (κ3) is 4.29. The van der Waals surface area contributed by atoms with E-state index in [4.69, 9.17) is 0 Å². The van der Waals surface area contributed by atoms with Gasteiger partial charge in [-0.1, -0.05) is 44.2 Å². The molecule has 0 spiro atoms. The van der Waals surface area contributed by atoms with E-state index in [1.165, 1.54) is 6.07 Å². The summed E-state index contributed by atoms with van der Waals surface area (Å²) < 4.78 is 39.5. The Morgan fingerprint density at radius 3 is 2.44 bits per heavy atom. The predicted molar refractivity (Wildman–Crippen MR) is 102 cm³/mol. The zero-order chi connectivity index (χ0) is 19.6. The number of aliphatic hydroxyl groups is 1. The fourth-order valence-corrected chi connectivity index (χ4v) is 4.02. The predicted octanol–water partition coefficient (Wildman–Crippen LogP) is 6.00. The molecule has 1 aliphatic heterocycles. The van der Waals surface area contributed by atoms with Crippen LogP contribution in [0.5, 0.6) is 0 Å². The largest absolute Gasteiger partial charge is 0.416 e. The van der Waals surface area contributed by atoms with E-state index in [1.807, 2.05) is 32.0 Å². The van der Waals surface area contributed by atoms with Crippen LogP contribution in [0.25, 0.3) is 0 Å². The first kappa shape index (κ1) is 19.7. The Bertz CT molecular complexity index is 760. The minimum absolute atomic E-state index is 0.0142. The van der Waals surface area contributed by atoms with Crippen molar-refractivity contribution in [1.29, 1.82) is 0 Å².